The van der Waals surface area contributed by atoms with Crippen LogP contribution in [0.4, 0.5) is 0 Å². The first-order valence-electron chi connectivity index (χ1n) is 9.92. The summed E-state index contributed by atoms with van der Waals surface area (Å²) in [5, 5.41) is 0. The lowest BCUT2D eigenvalue weighted by Gasteiger charge is -2.28. The van der Waals surface area contributed by atoms with E-state index in [0.29, 0.717) is 46.8 Å². The van der Waals surface area contributed by atoms with Gasteiger partial charge in [0.15, 0.2) is 5.78 Å². The molecule has 1 unspecified atom stereocenters. The molecule has 1 heterocycles. The molecule has 0 fully saturated rings. The number of methoxy groups -OCH3 is 2. The monoisotopic (exact) mass is 414 g/mol. The number of aromatic nitrogens is 1. The van der Waals surface area contributed by atoms with Crippen molar-refractivity contribution >= 4 is 17.7 Å². The molecular formula is C23H30N2O5. The van der Waals surface area contributed by atoms with Gasteiger partial charge in [0.1, 0.15) is 11.4 Å². The highest BCUT2D eigenvalue weighted by atomic mass is 16.5. The van der Waals surface area contributed by atoms with Crippen molar-refractivity contribution in [2.45, 2.75) is 40.2 Å². The van der Waals surface area contributed by atoms with E-state index < -0.39 is 12.0 Å². The van der Waals surface area contributed by atoms with Crippen LogP contribution >= 0.6 is 0 Å². The maximum Gasteiger partial charge on any atom is 0.354 e. The molecule has 1 aromatic heterocycles. The van der Waals surface area contributed by atoms with Crippen LogP contribution in [0, 0.1) is 13.8 Å². The standard InChI is InChI=1S/C23H30N2O5/c1-8-12-25(22(27)17-10-9-11-18(13-17)29-6)16(4)21(26)19-14(2)20(23(28)30-7)24(5)15(19)3/h9-11,13,16H,8,12H2,1-7H3. The zero-order valence-corrected chi connectivity index (χ0v) is 18.7. The third kappa shape index (κ3) is 4.25. The first-order chi connectivity index (χ1) is 14.2. The van der Waals surface area contributed by atoms with Gasteiger partial charge in [-0.25, -0.2) is 4.79 Å². The number of benzene rings is 1. The molecule has 162 valence electrons. The summed E-state index contributed by atoms with van der Waals surface area (Å²) in [6.45, 7) is 7.62. The van der Waals surface area contributed by atoms with Crippen LogP contribution in [0.25, 0.3) is 0 Å². The maximum atomic E-state index is 13.5. The summed E-state index contributed by atoms with van der Waals surface area (Å²) >= 11 is 0. The highest BCUT2D eigenvalue weighted by molar-refractivity contribution is 6.07. The van der Waals surface area contributed by atoms with Gasteiger partial charge in [0, 0.05) is 30.4 Å². The summed E-state index contributed by atoms with van der Waals surface area (Å²) in [6.07, 6.45) is 0.702. The van der Waals surface area contributed by atoms with Crippen molar-refractivity contribution in [3.05, 3.63) is 52.3 Å². The normalized spacial score (nSPS) is 11.7. The zero-order chi connectivity index (χ0) is 22.6. The van der Waals surface area contributed by atoms with Crippen LogP contribution < -0.4 is 4.74 Å². The summed E-state index contributed by atoms with van der Waals surface area (Å²) in [7, 11) is 4.57. The van der Waals surface area contributed by atoms with Gasteiger partial charge in [-0.3, -0.25) is 9.59 Å². The Hall–Kier alpha value is -3.09. The van der Waals surface area contributed by atoms with Crippen molar-refractivity contribution in [2.75, 3.05) is 20.8 Å². The SMILES string of the molecule is CCCN(C(=O)c1cccc(OC)c1)C(C)C(=O)c1c(C)c(C(=O)OC)n(C)c1C. The van der Waals surface area contributed by atoms with E-state index in [1.54, 1.807) is 68.7 Å². The summed E-state index contributed by atoms with van der Waals surface area (Å²) in [5.74, 6) is -0.368. The van der Waals surface area contributed by atoms with Crippen molar-refractivity contribution in [3.8, 4) is 5.75 Å². The number of ether oxygens (including phenoxy) is 2. The van der Waals surface area contributed by atoms with E-state index in [1.807, 2.05) is 6.92 Å². The van der Waals surface area contributed by atoms with Crippen LogP contribution in [0.5, 0.6) is 5.75 Å². The fourth-order valence-electron chi connectivity index (χ4n) is 3.71. The average Bonchev–Trinajstić information content (AvgIpc) is 2.98. The minimum Gasteiger partial charge on any atom is -0.497 e. The highest BCUT2D eigenvalue weighted by Crippen LogP contribution is 2.25. The molecule has 0 bridgehead atoms. The number of esters is 1. The third-order valence-corrected chi connectivity index (χ3v) is 5.44. The molecule has 0 aliphatic rings. The first-order valence-corrected chi connectivity index (χ1v) is 9.92. The molecule has 1 atom stereocenters. The van der Waals surface area contributed by atoms with E-state index in [9.17, 15) is 14.4 Å². The van der Waals surface area contributed by atoms with Crippen molar-refractivity contribution in [2.24, 2.45) is 7.05 Å². The Morgan fingerprint density at radius 1 is 1.17 bits per heavy atom. The smallest absolute Gasteiger partial charge is 0.354 e. The van der Waals surface area contributed by atoms with Crippen LogP contribution in [0.15, 0.2) is 24.3 Å². The van der Waals surface area contributed by atoms with Gasteiger partial charge in [0.25, 0.3) is 5.91 Å². The number of hydrogen-bond donors (Lipinski definition) is 0. The molecule has 0 aliphatic carbocycles. The molecule has 1 amide bonds. The second kappa shape index (κ2) is 9.61. The van der Waals surface area contributed by atoms with Gasteiger partial charge in [-0.05, 0) is 51.0 Å². The predicted octanol–water partition coefficient (Wildman–Crippen LogP) is 3.56. The minimum absolute atomic E-state index is 0.208. The molecule has 1 aromatic carbocycles. The van der Waals surface area contributed by atoms with Gasteiger partial charge in [-0.15, -0.1) is 0 Å². The number of amides is 1. The van der Waals surface area contributed by atoms with Crippen LogP contribution in [-0.4, -0.2) is 53.9 Å². The van der Waals surface area contributed by atoms with E-state index in [0.717, 1.165) is 0 Å². The molecule has 7 heteroatoms. The van der Waals surface area contributed by atoms with Crippen LogP contribution in [0.3, 0.4) is 0 Å². The topological polar surface area (TPSA) is 77.8 Å². The van der Waals surface area contributed by atoms with Gasteiger partial charge in [0.2, 0.25) is 0 Å². The summed E-state index contributed by atoms with van der Waals surface area (Å²) < 4.78 is 11.7. The van der Waals surface area contributed by atoms with E-state index in [4.69, 9.17) is 9.47 Å². The number of carbonyl (C=O) groups is 3. The molecule has 0 radical (unpaired) electrons. The minimum atomic E-state index is -0.700. The van der Waals surface area contributed by atoms with Crippen molar-refractivity contribution < 1.29 is 23.9 Å². The second-order valence-electron chi connectivity index (χ2n) is 7.26. The molecule has 30 heavy (non-hydrogen) atoms. The molecule has 0 N–H and O–H groups in total. The van der Waals surface area contributed by atoms with E-state index >= 15 is 0 Å². The van der Waals surface area contributed by atoms with Gasteiger partial charge in [-0.2, -0.15) is 0 Å². The Morgan fingerprint density at radius 2 is 1.83 bits per heavy atom. The van der Waals surface area contributed by atoms with Crippen LogP contribution in [0.2, 0.25) is 0 Å². The van der Waals surface area contributed by atoms with Crippen LogP contribution in [0.1, 0.15) is 62.7 Å². The number of rotatable bonds is 8. The average molecular weight is 415 g/mol. The van der Waals surface area contributed by atoms with Crippen molar-refractivity contribution in [1.82, 2.24) is 9.47 Å². The molecule has 0 aliphatic heterocycles. The quantitative estimate of drug-likeness (QED) is 0.488. The third-order valence-electron chi connectivity index (χ3n) is 5.44. The number of nitrogens with zero attached hydrogens (tertiary/aromatic N) is 2. The van der Waals surface area contributed by atoms with Gasteiger partial charge >= 0.3 is 5.97 Å². The summed E-state index contributed by atoms with van der Waals surface area (Å²) in [5.41, 5.74) is 2.47. The molecule has 2 aromatic rings. The lowest BCUT2D eigenvalue weighted by Crippen LogP contribution is -2.44. The molecule has 2 rings (SSSR count). The number of ketones is 1. The number of carbonyl (C=O) groups excluding carboxylic acids is 3. The molecular weight excluding hydrogens is 384 g/mol. The van der Waals surface area contributed by atoms with Gasteiger partial charge < -0.3 is 18.9 Å². The van der Waals surface area contributed by atoms with E-state index in [1.165, 1.54) is 7.11 Å². The highest BCUT2D eigenvalue weighted by Gasteiger charge is 2.32. The summed E-state index contributed by atoms with van der Waals surface area (Å²) in [4.78, 5) is 40.4. The zero-order valence-electron chi connectivity index (χ0n) is 18.7. The predicted molar refractivity (Wildman–Crippen MR) is 114 cm³/mol. The van der Waals surface area contributed by atoms with Crippen molar-refractivity contribution in [1.29, 1.82) is 0 Å². The second-order valence-corrected chi connectivity index (χ2v) is 7.26. The Labute approximate surface area is 177 Å². The fourth-order valence-corrected chi connectivity index (χ4v) is 3.71. The lowest BCUT2D eigenvalue weighted by atomic mass is 9.99. The maximum absolute atomic E-state index is 13.5. The fraction of sp³-hybridized carbons (Fsp3) is 0.435. The van der Waals surface area contributed by atoms with E-state index in [2.05, 4.69) is 0 Å². The Bertz CT molecular complexity index is 961. The first kappa shape index (κ1) is 23.2. The molecule has 7 nitrogen and oxygen atoms in total. The number of Topliss-reactive ketones (excluding diaryl/α,β-unsaturated/α-hetero) is 1. The largest absolute Gasteiger partial charge is 0.497 e. The Morgan fingerprint density at radius 3 is 2.40 bits per heavy atom. The summed E-state index contributed by atoms with van der Waals surface area (Å²) in [6, 6.07) is 6.18. The Kier molecular flexibility index (Phi) is 7.43. The Balaban J connectivity index is 2.45. The van der Waals surface area contributed by atoms with Crippen molar-refractivity contribution in [3.63, 3.8) is 0 Å². The van der Waals surface area contributed by atoms with Gasteiger partial charge in [0.05, 0.1) is 20.3 Å². The molecule has 0 saturated heterocycles. The molecule has 0 saturated carbocycles. The lowest BCUT2D eigenvalue weighted by molar-refractivity contribution is 0.0588. The molecule has 0 spiro atoms. The number of hydrogen-bond acceptors (Lipinski definition) is 5. The van der Waals surface area contributed by atoms with Gasteiger partial charge in [-0.1, -0.05) is 13.0 Å². The van der Waals surface area contributed by atoms with E-state index in [-0.39, 0.29) is 11.7 Å². The van der Waals surface area contributed by atoms with Crippen LogP contribution in [-0.2, 0) is 11.8 Å².